The van der Waals surface area contributed by atoms with E-state index in [0.29, 0.717) is 49.0 Å². The molecule has 184 valence electrons. The molecule has 1 aliphatic rings. The van der Waals surface area contributed by atoms with Crippen molar-refractivity contribution < 1.29 is 19.1 Å². The molecule has 1 saturated heterocycles. The Hall–Kier alpha value is -3.27. The van der Waals surface area contributed by atoms with E-state index in [1.165, 1.54) is 11.8 Å². The normalized spacial score (nSPS) is 15.1. The molecule has 1 fully saturated rings. The molecule has 0 bridgehead atoms. The summed E-state index contributed by atoms with van der Waals surface area (Å²) in [5, 5.41) is 6.63. The zero-order valence-electron chi connectivity index (χ0n) is 19.1. The molecule has 0 spiro atoms. The number of amidine groups is 1. The van der Waals surface area contributed by atoms with Gasteiger partial charge in [-0.1, -0.05) is 29.8 Å². The second-order valence-electron chi connectivity index (χ2n) is 7.42. The number of thioether (sulfide) groups is 1. The SMILES string of the molecule is CCOc1cc(/C=C2\SC(=Nc3ccc(Cl)cc3)NC2=O)cc(Br)c1OCC(=O)Nc1ccccc1. The summed E-state index contributed by atoms with van der Waals surface area (Å²) in [5.41, 5.74) is 2.09. The van der Waals surface area contributed by atoms with Gasteiger partial charge in [0.2, 0.25) is 0 Å². The maximum atomic E-state index is 12.5. The van der Waals surface area contributed by atoms with E-state index in [4.69, 9.17) is 21.1 Å². The Balaban J connectivity index is 1.49. The lowest BCUT2D eigenvalue weighted by atomic mass is 10.2. The minimum Gasteiger partial charge on any atom is -0.490 e. The summed E-state index contributed by atoms with van der Waals surface area (Å²) < 4.78 is 12.1. The average molecular weight is 587 g/mol. The molecule has 4 rings (SSSR count). The zero-order valence-corrected chi connectivity index (χ0v) is 22.2. The summed E-state index contributed by atoms with van der Waals surface area (Å²) in [4.78, 5) is 29.7. The summed E-state index contributed by atoms with van der Waals surface area (Å²) in [5.74, 6) is 0.299. The second kappa shape index (κ2) is 12.1. The van der Waals surface area contributed by atoms with Crippen molar-refractivity contribution in [3.8, 4) is 11.5 Å². The molecule has 3 aromatic carbocycles. The molecule has 0 aliphatic carbocycles. The van der Waals surface area contributed by atoms with Gasteiger partial charge in [-0.3, -0.25) is 9.59 Å². The highest BCUT2D eigenvalue weighted by Crippen LogP contribution is 2.38. The summed E-state index contributed by atoms with van der Waals surface area (Å²) in [6, 6.07) is 19.7. The van der Waals surface area contributed by atoms with Gasteiger partial charge in [0, 0.05) is 10.7 Å². The van der Waals surface area contributed by atoms with E-state index in [1.807, 2.05) is 25.1 Å². The Morgan fingerprint density at radius 3 is 2.61 bits per heavy atom. The fourth-order valence-corrected chi connectivity index (χ4v) is 4.74. The number of hydrogen-bond donors (Lipinski definition) is 2. The first kappa shape index (κ1) is 25.8. The van der Waals surface area contributed by atoms with Gasteiger partial charge >= 0.3 is 0 Å². The van der Waals surface area contributed by atoms with Crippen molar-refractivity contribution >= 4 is 73.7 Å². The lowest BCUT2D eigenvalue weighted by Crippen LogP contribution is -2.20. The number of hydrogen-bond acceptors (Lipinski definition) is 6. The number of nitrogens with one attached hydrogen (secondary N) is 2. The van der Waals surface area contributed by atoms with Crippen LogP contribution >= 0.6 is 39.3 Å². The van der Waals surface area contributed by atoms with Gasteiger partial charge in [-0.15, -0.1) is 0 Å². The summed E-state index contributed by atoms with van der Waals surface area (Å²) >= 11 is 10.7. The lowest BCUT2D eigenvalue weighted by Gasteiger charge is -2.15. The molecule has 2 amide bonds. The van der Waals surface area contributed by atoms with Crippen molar-refractivity contribution in [2.75, 3.05) is 18.5 Å². The molecule has 1 heterocycles. The fraction of sp³-hybridized carbons (Fsp3) is 0.115. The van der Waals surface area contributed by atoms with Crippen LogP contribution in [-0.2, 0) is 9.59 Å². The van der Waals surface area contributed by atoms with Gasteiger partial charge < -0.3 is 20.1 Å². The third-order valence-corrected chi connectivity index (χ3v) is 6.49. The fourth-order valence-electron chi connectivity index (χ4n) is 3.20. The molecule has 7 nitrogen and oxygen atoms in total. The first-order chi connectivity index (χ1) is 17.4. The number of ether oxygens (including phenoxy) is 2. The van der Waals surface area contributed by atoms with Crippen molar-refractivity contribution in [3.05, 3.63) is 86.7 Å². The molecule has 0 unspecified atom stereocenters. The Labute approximate surface area is 226 Å². The van der Waals surface area contributed by atoms with Crippen molar-refractivity contribution in [2.45, 2.75) is 6.92 Å². The van der Waals surface area contributed by atoms with Crippen LogP contribution in [0, 0.1) is 0 Å². The van der Waals surface area contributed by atoms with Crippen LogP contribution in [0.15, 0.2) is 81.1 Å². The van der Waals surface area contributed by atoms with Crippen molar-refractivity contribution in [1.82, 2.24) is 5.32 Å². The number of nitrogens with zero attached hydrogens (tertiary/aromatic N) is 1. The maximum absolute atomic E-state index is 12.5. The van der Waals surface area contributed by atoms with Gasteiger partial charge in [0.25, 0.3) is 11.8 Å². The van der Waals surface area contributed by atoms with Gasteiger partial charge in [-0.2, -0.15) is 0 Å². The van der Waals surface area contributed by atoms with Crippen LogP contribution in [0.2, 0.25) is 5.02 Å². The van der Waals surface area contributed by atoms with Crippen LogP contribution in [0.3, 0.4) is 0 Å². The topological polar surface area (TPSA) is 89.0 Å². The van der Waals surface area contributed by atoms with Crippen molar-refractivity contribution in [2.24, 2.45) is 4.99 Å². The third-order valence-electron chi connectivity index (χ3n) is 4.74. The average Bonchev–Trinajstić information content (AvgIpc) is 3.19. The maximum Gasteiger partial charge on any atom is 0.264 e. The number of amides is 2. The van der Waals surface area contributed by atoms with Crippen LogP contribution in [-0.4, -0.2) is 30.2 Å². The highest BCUT2D eigenvalue weighted by atomic mass is 79.9. The van der Waals surface area contributed by atoms with Crippen LogP contribution in [0.1, 0.15) is 12.5 Å². The van der Waals surface area contributed by atoms with E-state index in [1.54, 1.807) is 54.6 Å². The first-order valence-electron chi connectivity index (χ1n) is 10.9. The first-order valence-corrected chi connectivity index (χ1v) is 12.9. The number of halogens is 2. The van der Waals surface area contributed by atoms with Gasteiger partial charge in [0.05, 0.1) is 21.7 Å². The zero-order chi connectivity index (χ0) is 25.5. The van der Waals surface area contributed by atoms with E-state index < -0.39 is 0 Å². The van der Waals surface area contributed by atoms with E-state index in [-0.39, 0.29) is 18.4 Å². The standard InChI is InChI=1S/C26H21BrClN3O4S/c1-2-34-21-13-16(12-20(27)24(21)35-15-23(32)29-18-6-4-3-5-7-18)14-22-25(33)31-26(36-22)30-19-10-8-17(28)9-11-19/h3-14H,2,15H2,1H3,(H,29,32)(H,30,31,33)/b22-14-. The summed E-state index contributed by atoms with van der Waals surface area (Å²) in [7, 11) is 0. The van der Waals surface area contributed by atoms with Crippen LogP contribution < -0.4 is 20.1 Å². The molecule has 3 aromatic rings. The predicted molar refractivity (Wildman–Crippen MR) is 148 cm³/mol. The molecule has 36 heavy (non-hydrogen) atoms. The molecule has 10 heteroatoms. The van der Waals surface area contributed by atoms with Gasteiger partial charge in [0.1, 0.15) is 0 Å². The van der Waals surface area contributed by atoms with E-state index >= 15 is 0 Å². The Kier molecular flexibility index (Phi) is 8.69. The third kappa shape index (κ3) is 6.90. The predicted octanol–water partition coefficient (Wildman–Crippen LogP) is 6.41. The number of para-hydroxylation sites is 1. The number of carbonyl (C=O) groups is 2. The summed E-state index contributed by atoms with van der Waals surface area (Å²) in [6.07, 6.45) is 1.74. The molecule has 2 N–H and O–H groups in total. The molecule has 0 atom stereocenters. The molecule has 0 saturated carbocycles. The Morgan fingerprint density at radius 1 is 1.14 bits per heavy atom. The minimum atomic E-state index is -0.298. The minimum absolute atomic E-state index is 0.198. The Morgan fingerprint density at radius 2 is 1.89 bits per heavy atom. The highest BCUT2D eigenvalue weighted by Gasteiger charge is 2.24. The van der Waals surface area contributed by atoms with E-state index in [2.05, 4.69) is 31.6 Å². The smallest absolute Gasteiger partial charge is 0.264 e. The monoisotopic (exact) mass is 585 g/mol. The van der Waals surface area contributed by atoms with Crippen LogP contribution in [0.5, 0.6) is 11.5 Å². The number of aliphatic imine (C=N–C) groups is 1. The van der Waals surface area contributed by atoms with E-state index in [9.17, 15) is 9.59 Å². The number of carbonyl (C=O) groups excluding carboxylic acids is 2. The lowest BCUT2D eigenvalue weighted by molar-refractivity contribution is -0.118. The largest absolute Gasteiger partial charge is 0.490 e. The van der Waals surface area contributed by atoms with Crippen molar-refractivity contribution in [3.63, 3.8) is 0 Å². The molecule has 0 radical (unpaired) electrons. The van der Waals surface area contributed by atoms with Gasteiger partial charge in [-0.05, 0) is 94.8 Å². The highest BCUT2D eigenvalue weighted by molar-refractivity contribution is 9.10. The summed E-state index contributed by atoms with van der Waals surface area (Å²) in [6.45, 7) is 2.05. The van der Waals surface area contributed by atoms with Crippen molar-refractivity contribution in [1.29, 1.82) is 0 Å². The molecule has 1 aliphatic heterocycles. The quantitative estimate of drug-likeness (QED) is 0.298. The number of anilines is 1. The van der Waals surface area contributed by atoms with Crippen LogP contribution in [0.4, 0.5) is 11.4 Å². The second-order valence-corrected chi connectivity index (χ2v) is 9.75. The van der Waals surface area contributed by atoms with E-state index in [0.717, 1.165) is 5.56 Å². The van der Waals surface area contributed by atoms with Crippen LogP contribution in [0.25, 0.3) is 6.08 Å². The van der Waals surface area contributed by atoms with Gasteiger partial charge in [0.15, 0.2) is 23.3 Å². The molecular weight excluding hydrogens is 566 g/mol. The number of benzene rings is 3. The Bertz CT molecular complexity index is 1330. The number of rotatable bonds is 8. The van der Waals surface area contributed by atoms with Gasteiger partial charge in [-0.25, -0.2) is 4.99 Å². The molecular formula is C26H21BrClN3O4S. The molecule has 0 aromatic heterocycles.